The Bertz CT molecular complexity index is 402. The first kappa shape index (κ1) is 11.5. The number of carbonyl (C=O) groups is 1. The van der Waals surface area contributed by atoms with Crippen molar-refractivity contribution in [2.45, 2.75) is 19.3 Å². The standard InChI is InChI=1S/C12H15BrN2O/c13-11-9(2-1-3-10(11)14)12(16)15-7-6-8-4-5-8/h1-3,8H,4-7,14H2,(H,15,16). The molecule has 0 unspecified atom stereocenters. The summed E-state index contributed by atoms with van der Waals surface area (Å²) in [5.41, 5.74) is 6.92. The molecule has 1 aliphatic carbocycles. The summed E-state index contributed by atoms with van der Waals surface area (Å²) in [7, 11) is 0. The van der Waals surface area contributed by atoms with Crippen molar-refractivity contribution in [2.24, 2.45) is 5.92 Å². The maximum atomic E-state index is 11.8. The first-order valence-electron chi connectivity index (χ1n) is 5.50. The Morgan fingerprint density at radius 3 is 2.94 bits per heavy atom. The van der Waals surface area contributed by atoms with Crippen LogP contribution in [0.2, 0.25) is 0 Å². The highest BCUT2D eigenvalue weighted by molar-refractivity contribution is 9.10. The first-order chi connectivity index (χ1) is 7.68. The molecule has 0 bridgehead atoms. The fraction of sp³-hybridized carbons (Fsp3) is 0.417. The predicted molar refractivity (Wildman–Crippen MR) is 68.2 cm³/mol. The van der Waals surface area contributed by atoms with E-state index in [1.165, 1.54) is 12.8 Å². The summed E-state index contributed by atoms with van der Waals surface area (Å²) in [6.07, 6.45) is 3.72. The predicted octanol–water partition coefficient (Wildman–Crippen LogP) is 2.56. The molecule has 3 N–H and O–H groups in total. The van der Waals surface area contributed by atoms with Crippen molar-refractivity contribution in [3.8, 4) is 0 Å². The zero-order chi connectivity index (χ0) is 11.5. The smallest absolute Gasteiger partial charge is 0.252 e. The van der Waals surface area contributed by atoms with E-state index in [9.17, 15) is 4.79 Å². The minimum atomic E-state index is -0.0557. The molecule has 4 heteroatoms. The fourth-order valence-electron chi connectivity index (χ4n) is 1.62. The number of anilines is 1. The number of benzene rings is 1. The lowest BCUT2D eigenvalue weighted by Crippen LogP contribution is -2.25. The molecular formula is C12H15BrN2O. The number of nitrogens with one attached hydrogen (secondary N) is 1. The number of halogens is 1. The monoisotopic (exact) mass is 282 g/mol. The second-order valence-electron chi connectivity index (χ2n) is 4.20. The molecule has 1 aromatic carbocycles. The zero-order valence-electron chi connectivity index (χ0n) is 9.00. The Kier molecular flexibility index (Phi) is 3.49. The molecule has 1 aliphatic rings. The lowest BCUT2D eigenvalue weighted by molar-refractivity contribution is 0.0952. The highest BCUT2D eigenvalue weighted by atomic mass is 79.9. The Hall–Kier alpha value is -1.03. The number of nitrogen functional groups attached to an aromatic ring is 1. The van der Waals surface area contributed by atoms with Crippen LogP contribution in [0.1, 0.15) is 29.6 Å². The van der Waals surface area contributed by atoms with E-state index in [0.717, 1.165) is 18.9 Å². The third-order valence-electron chi connectivity index (χ3n) is 2.81. The molecule has 2 rings (SSSR count). The van der Waals surface area contributed by atoms with Gasteiger partial charge in [-0.3, -0.25) is 4.79 Å². The molecule has 3 nitrogen and oxygen atoms in total. The normalized spacial score (nSPS) is 14.8. The molecule has 1 aromatic rings. The van der Waals surface area contributed by atoms with Gasteiger partial charge < -0.3 is 11.1 Å². The van der Waals surface area contributed by atoms with E-state index in [0.29, 0.717) is 15.7 Å². The van der Waals surface area contributed by atoms with Crippen molar-refractivity contribution in [3.63, 3.8) is 0 Å². The Labute approximate surface area is 104 Å². The van der Waals surface area contributed by atoms with Gasteiger partial charge >= 0.3 is 0 Å². The highest BCUT2D eigenvalue weighted by Crippen LogP contribution is 2.31. The largest absolute Gasteiger partial charge is 0.398 e. The zero-order valence-corrected chi connectivity index (χ0v) is 10.6. The minimum Gasteiger partial charge on any atom is -0.398 e. The van der Waals surface area contributed by atoms with E-state index in [1.807, 2.05) is 0 Å². The quantitative estimate of drug-likeness (QED) is 0.834. The van der Waals surface area contributed by atoms with Crippen molar-refractivity contribution in [1.29, 1.82) is 0 Å². The van der Waals surface area contributed by atoms with Gasteiger partial charge in [-0.1, -0.05) is 18.9 Å². The Balaban J connectivity index is 1.93. The van der Waals surface area contributed by atoms with Gasteiger partial charge in [0.05, 0.1) is 10.0 Å². The van der Waals surface area contributed by atoms with Crippen LogP contribution in [0.25, 0.3) is 0 Å². The molecule has 0 heterocycles. The summed E-state index contributed by atoms with van der Waals surface area (Å²) >= 11 is 3.33. The molecule has 0 spiro atoms. The van der Waals surface area contributed by atoms with Gasteiger partial charge in [-0.15, -0.1) is 0 Å². The van der Waals surface area contributed by atoms with Crippen LogP contribution in [-0.2, 0) is 0 Å². The molecule has 16 heavy (non-hydrogen) atoms. The van der Waals surface area contributed by atoms with Crippen LogP contribution in [-0.4, -0.2) is 12.5 Å². The van der Waals surface area contributed by atoms with E-state index in [1.54, 1.807) is 18.2 Å². The lowest BCUT2D eigenvalue weighted by Gasteiger charge is -2.07. The first-order valence-corrected chi connectivity index (χ1v) is 6.30. The summed E-state index contributed by atoms with van der Waals surface area (Å²) in [5, 5.41) is 2.91. The number of carbonyl (C=O) groups excluding carboxylic acids is 1. The number of hydrogen-bond acceptors (Lipinski definition) is 2. The number of amides is 1. The van der Waals surface area contributed by atoms with Gasteiger partial charge in [0.2, 0.25) is 0 Å². The van der Waals surface area contributed by atoms with Gasteiger partial charge in [-0.2, -0.15) is 0 Å². The van der Waals surface area contributed by atoms with E-state index in [4.69, 9.17) is 5.73 Å². The fourth-order valence-corrected chi connectivity index (χ4v) is 2.06. The van der Waals surface area contributed by atoms with Crippen LogP contribution in [0, 0.1) is 5.92 Å². The van der Waals surface area contributed by atoms with E-state index >= 15 is 0 Å². The van der Waals surface area contributed by atoms with Gasteiger partial charge in [0.15, 0.2) is 0 Å². The molecule has 86 valence electrons. The summed E-state index contributed by atoms with van der Waals surface area (Å²) in [5.74, 6) is 0.782. The van der Waals surface area contributed by atoms with Crippen molar-refractivity contribution >= 4 is 27.5 Å². The van der Waals surface area contributed by atoms with Gasteiger partial charge in [0.25, 0.3) is 5.91 Å². The summed E-state index contributed by atoms with van der Waals surface area (Å²) in [4.78, 5) is 11.8. The Morgan fingerprint density at radius 2 is 2.25 bits per heavy atom. The van der Waals surface area contributed by atoms with Crippen molar-refractivity contribution in [1.82, 2.24) is 5.32 Å². The molecule has 1 amide bonds. The van der Waals surface area contributed by atoms with Crippen molar-refractivity contribution in [3.05, 3.63) is 28.2 Å². The highest BCUT2D eigenvalue weighted by Gasteiger charge is 2.21. The summed E-state index contributed by atoms with van der Waals surface area (Å²) in [6, 6.07) is 5.33. The van der Waals surface area contributed by atoms with Gasteiger partial charge in [-0.25, -0.2) is 0 Å². The molecular weight excluding hydrogens is 268 g/mol. The van der Waals surface area contributed by atoms with Crippen LogP contribution in [0.4, 0.5) is 5.69 Å². The topological polar surface area (TPSA) is 55.1 Å². The maximum absolute atomic E-state index is 11.8. The van der Waals surface area contributed by atoms with Gasteiger partial charge in [0.1, 0.15) is 0 Å². The second-order valence-corrected chi connectivity index (χ2v) is 4.99. The van der Waals surface area contributed by atoms with E-state index in [-0.39, 0.29) is 5.91 Å². The maximum Gasteiger partial charge on any atom is 0.252 e. The van der Waals surface area contributed by atoms with Crippen LogP contribution in [0.15, 0.2) is 22.7 Å². The molecule has 1 saturated carbocycles. The van der Waals surface area contributed by atoms with Gasteiger partial charge in [0, 0.05) is 12.2 Å². The molecule has 0 radical (unpaired) electrons. The molecule has 0 saturated heterocycles. The number of rotatable bonds is 4. The number of hydrogen-bond donors (Lipinski definition) is 2. The van der Waals surface area contributed by atoms with Crippen molar-refractivity contribution in [2.75, 3.05) is 12.3 Å². The summed E-state index contributed by atoms with van der Waals surface area (Å²) in [6.45, 7) is 0.755. The third kappa shape index (κ3) is 2.76. The molecule has 0 aromatic heterocycles. The SMILES string of the molecule is Nc1cccc(C(=O)NCCC2CC2)c1Br. The molecule has 0 aliphatic heterocycles. The van der Waals surface area contributed by atoms with E-state index in [2.05, 4.69) is 21.2 Å². The van der Waals surface area contributed by atoms with Crippen molar-refractivity contribution < 1.29 is 4.79 Å². The molecule has 1 fully saturated rings. The van der Waals surface area contributed by atoms with Crippen LogP contribution in [0.3, 0.4) is 0 Å². The average molecular weight is 283 g/mol. The third-order valence-corrected chi connectivity index (χ3v) is 3.69. The van der Waals surface area contributed by atoms with Crippen LogP contribution < -0.4 is 11.1 Å². The van der Waals surface area contributed by atoms with Gasteiger partial charge in [-0.05, 0) is 40.4 Å². The Morgan fingerprint density at radius 1 is 1.50 bits per heavy atom. The average Bonchev–Trinajstić information content (AvgIpc) is 3.06. The van der Waals surface area contributed by atoms with Crippen LogP contribution >= 0.6 is 15.9 Å². The second kappa shape index (κ2) is 4.87. The minimum absolute atomic E-state index is 0.0557. The molecule has 0 atom stereocenters. The lowest BCUT2D eigenvalue weighted by atomic mass is 10.2. The number of nitrogens with two attached hydrogens (primary N) is 1. The van der Waals surface area contributed by atoms with E-state index < -0.39 is 0 Å². The summed E-state index contributed by atoms with van der Waals surface area (Å²) < 4.78 is 0.680. The van der Waals surface area contributed by atoms with Crippen LogP contribution in [0.5, 0.6) is 0 Å².